The molecule has 0 aliphatic carbocycles. The Morgan fingerprint density at radius 2 is 2.53 bits per heavy atom. The average molecular weight is 239 g/mol. The molecule has 1 aliphatic heterocycles. The first-order valence-electron chi connectivity index (χ1n) is 6.12. The van der Waals surface area contributed by atoms with Crippen LogP contribution in [0.15, 0.2) is 12.5 Å². The van der Waals surface area contributed by atoms with Crippen LogP contribution in [0.3, 0.4) is 0 Å². The van der Waals surface area contributed by atoms with Gasteiger partial charge < -0.3 is 19.4 Å². The number of nitrogens with zero attached hydrogens (tertiary/aromatic N) is 2. The highest BCUT2D eigenvalue weighted by Gasteiger charge is 2.34. The number of nitrogens with one attached hydrogen (secondary N) is 1. The number of rotatable bonds is 6. The van der Waals surface area contributed by atoms with E-state index in [2.05, 4.69) is 21.8 Å². The van der Waals surface area contributed by atoms with Crippen molar-refractivity contribution in [1.29, 1.82) is 0 Å². The van der Waals surface area contributed by atoms with Gasteiger partial charge in [-0.1, -0.05) is 0 Å². The highest BCUT2D eigenvalue weighted by atomic mass is 16.5. The van der Waals surface area contributed by atoms with E-state index in [-0.39, 0.29) is 5.60 Å². The Morgan fingerprint density at radius 1 is 1.65 bits per heavy atom. The van der Waals surface area contributed by atoms with Crippen LogP contribution in [-0.2, 0) is 22.6 Å². The van der Waals surface area contributed by atoms with Gasteiger partial charge in [-0.05, 0) is 6.92 Å². The van der Waals surface area contributed by atoms with Crippen molar-refractivity contribution >= 4 is 0 Å². The van der Waals surface area contributed by atoms with Crippen LogP contribution in [0.25, 0.3) is 0 Å². The van der Waals surface area contributed by atoms with Crippen LogP contribution in [0, 0.1) is 0 Å². The Hall–Kier alpha value is -0.910. The van der Waals surface area contributed by atoms with E-state index < -0.39 is 0 Å². The second-order valence-corrected chi connectivity index (χ2v) is 4.46. The minimum atomic E-state index is -0.142. The highest BCUT2D eigenvalue weighted by molar-refractivity contribution is 4.98. The third-order valence-electron chi connectivity index (χ3n) is 3.39. The molecule has 1 saturated heterocycles. The molecular formula is C12H21N3O2. The van der Waals surface area contributed by atoms with Gasteiger partial charge in [0.1, 0.15) is 5.60 Å². The fourth-order valence-electron chi connectivity index (χ4n) is 2.16. The zero-order chi connectivity index (χ0) is 12.1. The predicted molar refractivity (Wildman–Crippen MR) is 64.8 cm³/mol. The molecule has 0 aromatic carbocycles. The number of aromatic nitrogens is 2. The molecule has 0 amide bonds. The van der Waals surface area contributed by atoms with Crippen molar-refractivity contribution < 1.29 is 9.47 Å². The standard InChI is InChI=1S/C12H21N3O2/c1-3-15-10-14-7-11(15)6-13-8-12(16-2)4-5-17-9-12/h7,10,13H,3-6,8-9H2,1-2H3. The van der Waals surface area contributed by atoms with E-state index in [1.807, 2.05) is 12.5 Å². The lowest BCUT2D eigenvalue weighted by molar-refractivity contribution is -0.0160. The Morgan fingerprint density at radius 3 is 3.18 bits per heavy atom. The van der Waals surface area contributed by atoms with Crippen molar-refractivity contribution in [2.75, 3.05) is 26.9 Å². The van der Waals surface area contributed by atoms with Crippen LogP contribution in [0.4, 0.5) is 0 Å². The Bertz CT molecular complexity index is 345. The maximum atomic E-state index is 5.56. The van der Waals surface area contributed by atoms with Crippen molar-refractivity contribution in [3.63, 3.8) is 0 Å². The van der Waals surface area contributed by atoms with Crippen LogP contribution in [0.2, 0.25) is 0 Å². The summed E-state index contributed by atoms with van der Waals surface area (Å²) in [6, 6.07) is 0. The van der Waals surface area contributed by atoms with Crippen LogP contribution in [-0.4, -0.2) is 42.0 Å². The number of hydrogen-bond acceptors (Lipinski definition) is 4. The number of aryl methyl sites for hydroxylation is 1. The third-order valence-corrected chi connectivity index (χ3v) is 3.39. The van der Waals surface area contributed by atoms with Gasteiger partial charge in [0.05, 0.1) is 18.6 Å². The van der Waals surface area contributed by atoms with E-state index in [4.69, 9.17) is 9.47 Å². The SMILES string of the molecule is CCn1cncc1CNCC1(OC)CCOC1. The first-order chi connectivity index (χ1) is 8.29. The molecule has 96 valence electrons. The summed E-state index contributed by atoms with van der Waals surface area (Å²) in [4.78, 5) is 4.15. The second kappa shape index (κ2) is 5.62. The van der Waals surface area contributed by atoms with Crippen LogP contribution < -0.4 is 5.32 Å². The van der Waals surface area contributed by atoms with Gasteiger partial charge in [0.25, 0.3) is 0 Å². The van der Waals surface area contributed by atoms with Crippen molar-refractivity contribution in [1.82, 2.24) is 14.9 Å². The Labute approximate surface area is 102 Å². The summed E-state index contributed by atoms with van der Waals surface area (Å²) in [5, 5.41) is 3.43. The zero-order valence-corrected chi connectivity index (χ0v) is 10.6. The molecule has 1 atom stereocenters. The monoisotopic (exact) mass is 239 g/mol. The number of imidazole rings is 1. The molecule has 1 fully saturated rings. The van der Waals surface area contributed by atoms with Gasteiger partial charge in [-0.3, -0.25) is 0 Å². The second-order valence-electron chi connectivity index (χ2n) is 4.46. The quantitative estimate of drug-likeness (QED) is 0.797. The molecular weight excluding hydrogens is 218 g/mol. The fraction of sp³-hybridized carbons (Fsp3) is 0.750. The fourth-order valence-corrected chi connectivity index (χ4v) is 2.16. The molecule has 5 nitrogen and oxygen atoms in total. The first-order valence-corrected chi connectivity index (χ1v) is 6.12. The number of methoxy groups -OCH3 is 1. The maximum Gasteiger partial charge on any atom is 0.106 e. The molecule has 0 radical (unpaired) electrons. The van der Waals surface area contributed by atoms with E-state index >= 15 is 0 Å². The number of ether oxygens (including phenoxy) is 2. The van der Waals surface area contributed by atoms with Crippen LogP contribution in [0.1, 0.15) is 19.0 Å². The summed E-state index contributed by atoms with van der Waals surface area (Å²) >= 11 is 0. The molecule has 17 heavy (non-hydrogen) atoms. The zero-order valence-electron chi connectivity index (χ0n) is 10.6. The third kappa shape index (κ3) is 2.86. The van der Waals surface area contributed by atoms with E-state index in [9.17, 15) is 0 Å². The van der Waals surface area contributed by atoms with Gasteiger partial charge in [-0.15, -0.1) is 0 Å². The normalized spacial score (nSPS) is 24.4. The van der Waals surface area contributed by atoms with E-state index in [0.717, 1.165) is 32.7 Å². The highest BCUT2D eigenvalue weighted by Crippen LogP contribution is 2.21. The smallest absolute Gasteiger partial charge is 0.106 e. The number of hydrogen-bond donors (Lipinski definition) is 1. The average Bonchev–Trinajstić information content (AvgIpc) is 2.98. The first kappa shape index (κ1) is 12.5. The molecule has 2 rings (SSSR count). The van der Waals surface area contributed by atoms with Crippen molar-refractivity contribution in [3.05, 3.63) is 18.2 Å². The Balaban J connectivity index is 1.82. The molecule has 0 bridgehead atoms. The van der Waals surface area contributed by atoms with Gasteiger partial charge in [0, 0.05) is 46.0 Å². The van der Waals surface area contributed by atoms with Gasteiger partial charge in [0.2, 0.25) is 0 Å². The minimum absolute atomic E-state index is 0.142. The van der Waals surface area contributed by atoms with Crippen molar-refractivity contribution in [2.24, 2.45) is 0 Å². The maximum absolute atomic E-state index is 5.56. The van der Waals surface area contributed by atoms with Gasteiger partial charge in [-0.2, -0.15) is 0 Å². The summed E-state index contributed by atoms with van der Waals surface area (Å²) in [6.45, 7) is 6.19. The largest absolute Gasteiger partial charge is 0.378 e. The van der Waals surface area contributed by atoms with Crippen molar-refractivity contribution in [2.45, 2.75) is 32.0 Å². The molecule has 5 heteroatoms. The molecule has 1 N–H and O–H groups in total. The van der Waals surface area contributed by atoms with Gasteiger partial charge in [-0.25, -0.2) is 4.98 Å². The molecule has 0 spiro atoms. The minimum Gasteiger partial charge on any atom is -0.378 e. The summed E-state index contributed by atoms with van der Waals surface area (Å²) in [5.41, 5.74) is 1.06. The molecule has 2 heterocycles. The molecule has 1 unspecified atom stereocenters. The van der Waals surface area contributed by atoms with E-state index in [1.54, 1.807) is 7.11 Å². The van der Waals surface area contributed by atoms with Crippen molar-refractivity contribution in [3.8, 4) is 0 Å². The predicted octanol–water partition coefficient (Wildman–Crippen LogP) is 0.798. The lowest BCUT2D eigenvalue weighted by atomic mass is 10.0. The van der Waals surface area contributed by atoms with Crippen LogP contribution in [0.5, 0.6) is 0 Å². The lowest BCUT2D eigenvalue weighted by Gasteiger charge is -2.26. The summed E-state index contributed by atoms with van der Waals surface area (Å²) in [5.74, 6) is 0. The lowest BCUT2D eigenvalue weighted by Crippen LogP contribution is -2.42. The molecule has 1 aliphatic rings. The van der Waals surface area contributed by atoms with Gasteiger partial charge >= 0.3 is 0 Å². The van der Waals surface area contributed by atoms with E-state index in [0.29, 0.717) is 6.61 Å². The summed E-state index contributed by atoms with van der Waals surface area (Å²) < 4.78 is 13.1. The van der Waals surface area contributed by atoms with Crippen LogP contribution >= 0.6 is 0 Å². The topological polar surface area (TPSA) is 48.3 Å². The van der Waals surface area contributed by atoms with E-state index in [1.165, 1.54) is 5.69 Å². The Kier molecular flexibility index (Phi) is 4.15. The summed E-state index contributed by atoms with van der Waals surface area (Å²) in [7, 11) is 1.76. The molecule has 0 saturated carbocycles. The molecule has 1 aromatic heterocycles. The van der Waals surface area contributed by atoms with Gasteiger partial charge in [0.15, 0.2) is 0 Å². The molecule has 1 aromatic rings. The summed E-state index contributed by atoms with van der Waals surface area (Å²) in [6.07, 6.45) is 4.73.